The summed E-state index contributed by atoms with van der Waals surface area (Å²) in [4.78, 5) is 37.4. The molecule has 0 amide bonds. The first-order valence-electron chi connectivity index (χ1n) is 11.4. The van der Waals surface area contributed by atoms with Crippen LogP contribution >= 0.6 is 0 Å². The second-order valence-corrected chi connectivity index (χ2v) is 11.0. The molecule has 6 rings (SSSR count). The van der Waals surface area contributed by atoms with Crippen LogP contribution < -0.4 is 0 Å². The molecule has 5 fully saturated rings. The molecule has 0 aromatic rings. The predicted molar refractivity (Wildman–Crippen MR) is 105 cm³/mol. The second-order valence-electron chi connectivity index (χ2n) is 11.0. The van der Waals surface area contributed by atoms with E-state index in [-0.39, 0.29) is 52.4 Å². The van der Waals surface area contributed by atoms with Crippen LogP contribution in [0.15, 0.2) is 11.6 Å². The molecule has 2 aliphatic heterocycles. The third kappa shape index (κ3) is 1.94. The molecule has 2 spiro atoms. The summed E-state index contributed by atoms with van der Waals surface area (Å²) in [5.41, 5.74) is -0.175. The number of methoxy groups -OCH3 is 1. The molecule has 8 atom stereocenters. The van der Waals surface area contributed by atoms with Crippen LogP contribution in [0.5, 0.6) is 0 Å². The second kappa shape index (κ2) is 5.56. The number of carbonyl (C=O) groups excluding carboxylic acids is 3. The van der Waals surface area contributed by atoms with Gasteiger partial charge in [-0.05, 0) is 50.5 Å². The lowest BCUT2D eigenvalue weighted by Gasteiger charge is -2.58. The maximum Gasteiger partial charge on any atom is 0.309 e. The lowest BCUT2D eigenvalue weighted by molar-refractivity contribution is -0.172. The lowest BCUT2D eigenvalue weighted by Crippen LogP contribution is -2.63. The zero-order chi connectivity index (χ0) is 21.1. The molecule has 0 N–H and O–H groups in total. The standard InChI is InChI=1S/C24H30O6/c1-21-7-4-14(25)10-13(21)11-15(20(27)28-3)19-16-5-8-23(9-6-18(26)30-23)22(16,2)12-17-24(19,21)29-17/h10,15-17,19H,4-9,11-12H2,1-3H3/t15-,16+,17?,19+,21+,22+,23-,24?/m1/s1. The summed E-state index contributed by atoms with van der Waals surface area (Å²) in [5.74, 6) is -0.201. The van der Waals surface area contributed by atoms with E-state index in [1.54, 1.807) is 6.08 Å². The first kappa shape index (κ1) is 19.0. The molecule has 0 bridgehead atoms. The molecule has 2 heterocycles. The van der Waals surface area contributed by atoms with Crippen molar-refractivity contribution in [1.29, 1.82) is 0 Å². The van der Waals surface area contributed by atoms with E-state index in [0.717, 1.165) is 37.7 Å². The fourth-order valence-corrected chi connectivity index (χ4v) is 8.69. The Morgan fingerprint density at radius 3 is 2.67 bits per heavy atom. The molecule has 6 nitrogen and oxygen atoms in total. The van der Waals surface area contributed by atoms with E-state index in [0.29, 0.717) is 19.3 Å². The molecule has 6 aliphatic rings. The van der Waals surface area contributed by atoms with Gasteiger partial charge in [0, 0.05) is 29.6 Å². The number of ether oxygens (including phenoxy) is 3. The van der Waals surface area contributed by atoms with E-state index in [4.69, 9.17) is 14.2 Å². The van der Waals surface area contributed by atoms with Crippen molar-refractivity contribution >= 4 is 17.7 Å². The van der Waals surface area contributed by atoms with Crippen molar-refractivity contribution in [3.05, 3.63) is 11.6 Å². The van der Waals surface area contributed by atoms with E-state index in [1.165, 1.54) is 7.11 Å². The van der Waals surface area contributed by atoms with E-state index in [9.17, 15) is 14.4 Å². The minimum atomic E-state index is -0.424. The third-order valence-electron chi connectivity index (χ3n) is 10.2. The fourth-order valence-electron chi connectivity index (χ4n) is 8.69. The molecule has 0 aromatic carbocycles. The van der Waals surface area contributed by atoms with E-state index >= 15 is 0 Å². The Bertz CT molecular complexity index is 907. The number of ketones is 1. The van der Waals surface area contributed by atoms with Crippen molar-refractivity contribution < 1.29 is 28.6 Å². The fraction of sp³-hybridized carbons (Fsp3) is 0.792. The Balaban J connectivity index is 1.49. The van der Waals surface area contributed by atoms with Gasteiger partial charge in [0.05, 0.1) is 19.1 Å². The van der Waals surface area contributed by atoms with Gasteiger partial charge in [-0.25, -0.2) is 0 Å². The summed E-state index contributed by atoms with van der Waals surface area (Å²) in [7, 11) is 1.45. The summed E-state index contributed by atoms with van der Waals surface area (Å²) in [6.07, 6.45) is 7.61. The van der Waals surface area contributed by atoms with Crippen molar-refractivity contribution in [2.24, 2.45) is 28.6 Å². The highest BCUT2D eigenvalue weighted by molar-refractivity contribution is 5.92. The Morgan fingerprint density at radius 1 is 1.17 bits per heavy atom. The Kier molecular flexibility index (Phi) is 3.53. The van der Waals surface area contributed by atoms with Crippen molar-refractivity contribution in [3.8, 4) is 0 Å². The Hall–Kier alpha value is -1.69. The average molecular weight is 414 g/mol. The van der Waals surface area contributed by atoms with Gasteiger partial charge >= 0.3 is 11.9 Å². The minimum Gasteiger partial charge on any atom is -0.469 e. The molecule has 2 unspecified atom stereocenters. The topological polar surface area (TPSA) is 82.2 Å². The lowest BCUT2D eigenvalue weighted by atomic mass is 9.43. The zero-order valence-electron chi connectivity index (χ0n) is 18.0. The van der Waals surface area contributed by atoms with Gasteiger partial charge in [0.25, 0.3) is 0 Å². The van der Waals surface area contributed by atoms with Gasteiger partial charge < -0.3 is 14.2 Å². The van der Waals surface area contributed by atoms with Gasteiger partial charge in [0.1, 0.15) is 11.2 Å². The summed E-state index contributed by atoms with van der Waals surface area (Å²) < 4.78 is 17.9. The number of rotatable bonds is 1. The van der Waals surface area contributed by atoms with Crippen LogP contribution in [-0.4, -0.2) is 42.1 Å². The molecule has 0 aromatic heterocycles. The van der Waals surface area contributed by atoms with Crippen LogP contribution in [0.25, 0.3) is 0 Å². The molecule has 4 aliphatic carbocycles. The monoisotopic (exact) mass is 414 g/mol. The largest absolute Gasteiger partial charge is 0.469 e. The highest BCUT2D eigenvalue weighted by Crippen LogP contribution is 2.78. The van der Waals surface area contributed by atoms with Gasteiger partial charge in [-0.15, -0.1) is 0 Å². The van der Waals surface area contributed by atoms with Crippen molar-refractivity contribution in [2.45, 2.75) is 82.5 Å². The van der Waals surface area contributed by atoms with Crippen LogP contribution in [0.4, 0.5) is 0 Å². The molecule has 6 heteroatoms. The number of hydrogen-bond donors (Lipinski definition) is 0. The zero-order valence-corrected chi connectivity index (χ0v) is 18.0. The average Bonchev–Trinajstić information content (AvgIpc) is 3.20. The molecule has 3 saturated carbocycles. The van der Waals surface area contributed by atoms with Crippen molar-refractivity contribution in [2.75, 3.05) is 7.11 Å². The number of fused-ring (bicyclic) bond motifs is 4. The smallest absolute Gasteiger partial charge is 0.309 e. The highest BCUT2D eigenvalue weighted by atomic mass is 16.6. The Labute approximate surface area is 176 Å². The number of carbonyl (C=O) groups is 3. The van der Waals surface area contributed by atoms with Crippen LogP contribution in [-0.2, 0) is 28.6 Å². The first-order chi connectivity index (χ1) is 14.2. The number of epoxide rings is 1. The van der Waals surface area contributed by atoms with Crippen LogP contribution in [0, 0.1) is 28.6 Å². The number of esters is 2. The molecular formula is C24H30O6. The van der Waals surface area contributed by atoms with E-state index < -0.39 is 11.2 Å². The van der Waals surface area contributed by atoms with Crippen molar-refractivity contribution in [1.82, 2.24) is 0 Å². The van der Waals surface area contributed by atoms with Crippen LogP contribution in [0.1, 0.15) is 65.2 Å². The van der Waals surface area contributed by atoms with Gasteiger partial charge in [-0.3, -0.25) is 14.4 Å². The molecule has 0 radical (unpaired) electrons. The third-order valence-corrected chi connectivity index (χ3v) is 10.2. The van der Waals surface area contributed by atoms with Gasteiger partial charge in [0.15, 0.2) is 5.78 Å². The summed E-state index contributed by atoms with van der Waals surface area (Å²) >= 11 is 0. The van der Waals surface area contributed by atoms with E-state index in [1.807, 2.05) is 0 Å². The minimum absolute atomic E-state index is 0.0303. The normalized spacial score (nSPS) is 53.2. The van der Waals surface area contributed by atoms with Crippen LogP contribution in [0.2, 0.25) is 0 Å². The maximum absolute atomic E-state index is 13.0. The SMILES string of the molecule is COC(=O)[C@@H]1CC2=CC(=O)CC[C@]2(C)C23OC2C[C@@]2(C)[C@@H](CC[C@@]24CCC(=O)O4)[C@H]13. The maximum atomic E-state index is 13.0. The summed E-state index contributed by atoms with van der Waals surface area (Å²) in [5, 5.41) is 0. The van der Waals surface area contributed by atoms with E-state index in [2.05, 4.69) is 13.8 Å². The molecule has 2 saturated heterocycles. The summed E-state index contributed by atoms with van der Waals surface area (Å²) in [6.45, 7) is 4.51. The Morgan fingerprint density at radius 2 is 1.97 bits per heavy atom. The molecule has 162 valence electrons. The first-order valence-corrected chi connectivity index (χ1v) is 11.4. The van der Waals surface area contributed by atoms with Gasteiger partial charge in [-0.1, -0.05) is 19.4 Å². The quantitative estimate of drug-likeness (QED) is 0.484. The van der Waals surface area contributed by atoms with Gasteiger partial charge in [-0.2, -0.15) is 0 Å². The van der Waals surface area contributed by atoms with Gasteiger partial charge in [0.2, 0.25) is 0 Å². The predicted octanol–water partition coefficient (Wildman–Crippen LogP) is 3.12. The van der Waals surface area contributed by atoms with Crippen molar-refractivity contribution in [3.63, 3.8) is 0 Å². The summed E-state index contributed by atoms with van der Waals surface area (Å²) in [6, 6.07) is 0. The number of hydrogen-bond acceptors (Lipinski definition) is 6. The molecular weight excluding hydrogens is 384 g/mol. The highest BCUT2D eigenvalue weighted by Gasteiger charge is 2.83. The molecule has 30 heavy (non-hydrogen) atoms. The van der Waals surface area contributed by atoms with Crippen LogP contribution in [0.3, 0.4) is 0 Å².